The maximum Gasteiger partial charge on any atom is 0.120 e. The average molecular weight is 280 g/mol. The quantitative estimate of drug-likeness (QED) is 0.768. The molecule has 0 bridgehead atoms. The number of likely N-dealkylation sites (N-methyl/N-ethyl adjacent to an activating group) is 1. The Morgan fingerprint density at radius 2 is 2.05 bits per heavy atom. The Hall–Kier alpha value is -1.26. The molecule has 0 radical (unpaired) electrons. The van der Waals surface area contributed by atoms with Crippen LogP contribution >= 0.6 is 0 Å². The predicted octanol–water partition coefficient (Wildman–Crippen LogP) is 2.78. The Bertz CT molecular complexity index is 409. The van der Waals surface area contributed by atoms with E-state index in [1.54, 1.807) is 19.2 Å². The van der Waals surface area contributed by atoms with Crippen LogP contribution in [-0.2, 0) is 0 Å². The van der Waals surface area contributed by atoms with Crippen LogP contribution in [0.5, 0.6) is 11.5 Å². The van der Waals surface area contributed by atoms with Crippen LogP contribution < -0.4 is 10.1 Å². The number of benzene rings is 1. The smallest absolute Gasteiger partial charge is 0.120 e. The van der Waals surface area contributed by atoms with E-state index in [9.17, 15) is 5.11 Å². The Kier molecular flexibility index (Phi) is 6.82. The van der Waals surface area contributed by atoms with E-state index < -0.39 is 0 Å². The van der Waals surface area contributed by atoms with Crippen LogP contribution in [0.4, 0.5) is 0 Å². The van der Waals surface area contributed by atoms with Gasteiger partial charge in [-0.05, 0) is 45.5 Å². The van der Waals surface area contributed by atoms with Gasteiger partial charge in [0.05, 0.1) is 7.11 Å². The number of hydrogen-bond donors (Lipinski definition) is 2. The number of ether oxygens (including phenoxy) is 1. The third kappa shape index (κ3) is 4.69. The molecule has 0 aromatic heterocycles. The zero-order chi connectivity index (χ0) is 15.1. The van der Waals surface area contributed by atoms with Gasteiger partial charge in [-0.1, -0.05) is 6.92 Å². The number of phenols is 1. The zero-order valence-electron chi connectivity index (χ0n) is 13.3. The summed E-state index contributed by atoms with van der Waals surface area (Å²) in [4.78, 5) is 2.34. The molecular formula is C16H28N2O2. The van der Waals surface area contributed by atoms with Gasteiger partial charge in [0, 0.05) is 30.7 Å². The first-order valence-corrected chi connectivity index (χ1v) is 7.30. The van der Waals surface area contributed by atoms with Gasteiger partial charge in [0.15, 0.2) is 0 Å². The zero-order valence-corrected chi connectivity index (χ0v) is 13.3. The summed E-state index contributed by atoms with van der Waals surface area (Å²) in [6.07, 6.45) is 1.16. The molecular weight excluding hydrogens is 252 g/mol. The molecule has 1 aromatic rings. The molecule has 1 rings (SSSR count). The molecule has 0 spiro atoms. The number of rotatable bonds is 8. The molecule has 0 aliphatic carbocycles. The van der Waals surface area contributed by atoms with Crippen molar-refractivity contribution in [3.05, 3.63) is 23.8 Å². The first-order chi connectivity index (χ1) is 9.49. The molecule has 0 aliphatic rings. The predicted molar refractivity (Wildman–Crippen MR) is 83.5 cm³/mol. The van der Waals surface area contributed by atoms with E-state index in [1.807, 2.05) is 6.07 Å². The maximum atomic E-state index is 9.93. The Balaban J connectivity index is 2.52. The Labute approximate surface area is 122 Å². The second-order valence-electron chi connectivity index (χ2n) is 5.34. The van der Waals surface area contributed by atoms with Gasteiger partial charge < -0.3 is 20.1 Å². The summed E-state index contributed by atoms with van der Waals surface area (Å²) in [6, 6.07) is 6.01. The molecule has 114 valence electrons. The molecule has 2 atom stereocenters. The van der Waals surface area contributed by atoms with Gasteiger partial charge in [-0.2, -0.15) is 0 Å². The van der Waals surface area contributed by atoms with E-state index in [1.165, 1.54) is 0 Å². The van der Waals surface area contributed by atoms with Crippen molar-refractivity contribution >= 4 is 0 Å². The number of aromatic hydroxyl groups is 1. The monoisotopic (exact) mass is 280 g/mol. The molecule has 0 saturated heterocycles. The summed E-state index contributed by atoms with van der Waals surface area (Å²) in [6.45, 7) is 8.36. The number of nitrogens with one attached hydrogen (secondary N) is 1. The first-order valence-electron chi connectivity index (χ1n) is 7.30. The molecule has 0 fully saturated rings. The lowest BCUT2D eigenvalue weighted by molar-refractivity contribution is 0.249. The highest BCUT2D eigenvalue weighted by atomic mass is 16.5. The highest BCUT2D eigenvalue weighted by Crippen LogP contribution is 2.28. The minimum atomic E-state index is 0.0930. The minimum absolute atomic E-state index is 0.0930. The van der Waals surface area contributed by atoms with Crippen LogP contribution in [0.25, 0.3) is 0 Å². The van der Waals surface area contributed by atoms with Crippen molar-refractivity contribution in [2.75, 3.05) is 27.2 Å². The molecule has 4 nitrogen and oxygen atoms in total. The van der Waals surface area contributed by atoms with Gasteiger partial charge in [-0.25, -0.2) is 0 Å². The average Bonchev–Trinajstić information content (AvgIpc) is 2.46. The third-order valence-electron chi connectivity index (χ3n) is 3.96. The van der Waals surface area contributed by atoms with Crippen molar-refractivity contribution in [1.29, 1.82) is 0 Å². The third-order valence-corrected chi connectivity index (χ3v) is 3.96. The van der Waals surface area contributed by atoms with E-state index in [4.69, 9.17) is 4.74 Å². The number of phenolic OH excluding ortho intramolecular Hbond substituents is 1. The number of hydrogen-bond acceptors (Lipinski definition) is 4. The largest absolute Gasteiger partial charge is 0.508 e. The van der Waals surface area contributed by atoms with Crippen molar-refractivity contribution in [1.82, 2.24) is 10.2 Å². The molecule has 2 N–H and O–H groups in total. The summed E-state index contributed by atoms with van der Waals surface area (Å²) >= 11 is 0. The second kappa shape index (κ2) is 8.12. The lowest BCUT2D eigenvalue weighted by Crippen LogP contribution is -2.35. The maximum absolute atomic E-state index is 9.93. The highest BCUT2D eigenvalue weighted by Gasteiger charge is 2.12. The number of nitrogens with zero attached hydrogens (tertiary/aromatic N) is 1. The molecule has 2 unspecified atom stereocenters. The molecule has 20 heavy (non-hydrogen) atoms. The van der Waals surface area contributed by atoms with E-state index in [0.717, 1.165) is 30.8 Å². The normalized spacial score (nSPS) is 14.3. The lowest BCUT2D eigenvalue weighted by Gasteiger charge is -2.25. The molecule has 0 aliphatic heterocycles. The summed E-state index contributed by atoms with van der Waals surface area (Å²) in [5.41, 5.74) is 0.871. The fourth-order valence-corrected chi connectivity index (χ4v) is 2.11. The topological polar surface area (TPSA) is 44.7 Å². The van der Waals surface area contributed by atoms with Crippen molar-refractivity contribution in [2.24, 2.45) is 0 Å². The minimum Gasteiger partial charge on any atom is -0.508 e. The SMILES string of the molecule is CCC(C)N(C)CCNC(C)c1cc(OC)ccc1O. The van der Waals surface area contributed by atoms with Crippen LogP contribution in [0.1, 0.15) is 38.8 Å². The molecule has 4 heteroatoms. The second-order valence-corrected chi connectivity index (χ2v) is 5.34. The highest BCUT2D eigenvalue weighted by molar-refractivity contribution is 5.41. The summed E-state index contributed by atoms with van der Waals surface area (Å²) in [5.74, 6) is 1.07. The van der Waals surface area contributed by atoms with Crippen molar-refractivity contribution in [2.45, 2.75) is 39.3 Å². The first kappa shape index (κ1) is 16.8. The van der Waals surface area contributed by atoms with E-state index in [2.05, 4.69) is 38.0 Å². The fraction of sp³-hybridized carbons (Fsp3) is 0.625. The molecule has 0 amide bonds. The lowest BCUT2D eigenvalue weighted by atomic mass is 10.1. The van der Waals surface area contributed by atoms with Crippen LogP contribution in [0.15, 0.2) is 18.2 Å². The number of methoxy groups -OCH3 is 1. The van der Waals surface area contributed by atoms with Gasteiger partial charge in [0.2, 0.25) is 0 Å². The molecule has 1 aromatic carbocycles. The van der Waals surface area contributed by atoms with Crippen LogP contribution in [0, 0.1) is 0 Å². The van der Waals surface area contributed by atoms with Crippen LogP contribution in [-0.4, -0.2) is 43.3 Å². The van der Waals surface area contributed by atoms with Gasteiger partial charge >= 0.3 is 0 Å². The fourth-order valence-electron chi connectivity index (χ4n) is 2.11. The van der Waals surface area contributed by atoms with Gasteiger partial charge in [0.25, 0.3) is 0 Å². The van der Waals surface area contributed by atoms with Crippen LogP contribution in [0.3, 0.4) is 0 Å². The van der Waals surface area contributed by atoms with E-state index in [0.29, 0.717) is 11.8 Å². The Morgan fingerprint density at radius 1 is 1.35 bits per heavy atom. The summed E-state index contributed by atoms with van der Waals surface area (Å²) in [5, 5.41) is 13.4. The van der Waals surface area contributed by atoms with Crippen molar-refractivity contribution in [3.63, 3.8) is 0 Å². The molecule has 0 heterocycles. The van der Waals surface area contributed by atoms with Crippen LogP contribution in [0.2, 0.25) is 0 Å². The van der Waals surface area contributed by atoms with E-state index >= 15 is 0 Å². The van der Waals surface area contributed by atoms with Gasteiger partial charge in [0.1, 0.15) is 11.5 Å². The van der Waals surface area contributed by atoms with Gasteiger partial charge in [-0.15, -0.1) is 0 Å². The summed E-state index contributed by atoms with van der Waals surface area (Å²) in [7, 11) is 3.78. The van der Waals surface area contributed by atoms with Crippen molar-refractivity contribution in [3.8, 4) is 11.5 Å². The van der Waals surface area contributed by atoms with Crippen molar-refractivity contribution < 1.29 is 9.84 Å². The standard InChI is InChI=1S/C16H28N2O2/c1-6-12(2)18(4)10-9-17-13(3)15-11-14(20-5)7-8-16(15)19/h7-8,11-13,17,19H,6,9-10H2,1-5H3. The summed E-state index contributed by atoms with van der Waals surface area (Å²) < 4.78 is 5.20. The Morgan fingerprint density at radius 3 is 2.65 bits per heavy atom. The van der Waals surface area contributed by atoms with E-state index in [-0.39, 0.29) is 6.04 Å². The molecule has 0 saturated carbocycles. The van der Waals surface area contributed by atoms with Gasteiger partial charge in [-0.3, -0.25) is 0 Å².